The molecule has 0 aliphatic carbocycles. The molecule has 142 valence electrons. The van der Waals surface area contributed by atoms with Crippen molar-refractivity contribution >= 4 is 17.6 Å². The van der Waals surface area contributed by atoms with E-state index in [0.29, 0.717) is 22.6 Å². The predicted octanol–water partition coefficient (Wildman–Crippen LogP) is 1.05. The molecule has 0 atom stereocenters. The van der Waals surface area contributed by atoms with E-state index in [4.69, 9.17) is 9.47 Å². The first-order valence-electron chi connectivity index (χ1n) is 7.98. The second-order valence-corrected chi connectivity index (χ2v) is 5.53. The van der Waals surface area contributed by atoms with Crippen molar-refractivity contribution in [3.05, 3.63) is 59.4 Å². The Morgan fingerprint density at radius 1 is 1.19 bits per heavy atom. The summed E-state index contributed by atoms with van der Waals surface area (Å²) in [5.74, 6) is -1.99. The Hall–Kier alpha value is -3.42. The third-order valence-corrected chi connectivity index (χ3v) is 3.58. The molecule has 0 heterocycles. The minimum absolute atomic E-state index is 0.0320. The van der Waals surface area contributed by atoms with Gasteiger partial charge in [0, 0.05) is 18.0 Å². The van der Waals surface area contributed by atoms with Crippen LogP contribution in [0.5, 0.6) is 11.5 Å². The van der Waals surface area contributed by atoms with Crippen LogP contribution in [0.2, 0.25) is 0 Å². The molecule has 1 amide bonds. The molecule has 0 aliphatic rings. The third kappa shape index (κ3) is 5.81. The second kappa shape index (κ2) is 9.33. The highest BCUT2D eigenvalue weighted by atomic mass is 19.1. The van der Waals surface area contributed by atoms with Crippen LogP contribution in [0, 0.1) is 5.82 Å². The van der Waals surface area contributed by atoms with E-state index in [1.807, 2.05) is 0 Å². The number of nitrogens with one attached hydrogen (secondary N) is 1. The van der Waals surface area contributed by atoms with Crippen molar-refractivity contribution in [2.45, 2.75) is 13.3 Å². The van der Waals surface area contributed by atoms with Gasteiger partial charge in [0.05, 0.1) is 12.8 Å². The van der Waals surface area contributed by atoms with E-state index in [1.165, 1.54) is 25.3 Å². The second-order valence-electron chi connectivity index (χ2n) is 5.53. The standard InChI is InChI=1S/C19H19FN2O5/c1-12(13-7-8-16(26-2)14(9-13)10-19(24)25)21-22-18(23)11-27-17-6-4-3-5-15(17)20/h3-9H,10-11H2,1-2H3,(H,22,23)(H,24,25)/p-1/b21-12-. The highest BCUT2D eigenvalue weighted by molar-refractivity contribution is 5.99. The van der Waals surface area contributed by atoms with Gasteiger partial charge in [-0.15, -0.1) is 0 Å². The maximum atomic E-state index is 13.4. The zero-order valence-corrected chi connectivity index (χ0v) is 14.8. The smallest absolute Gasteiger partial charge is 0.277 e. The number of carboxylic acids is 1. The summed E-state index contributed by atoms with van der Waals surface area (Å²) in [4.78, 5) is 22.7. The molecule has 0 unspecified atom stereocenters. The van der Waals surface area contributed by atoms with Crippen LogP contribution in [0.3, 0.4) is 0 Å². The van der Waals surface area contributed by atoms with E-state index < -0.39 is 24.3 Å². The zero-order chi connectivity index (χ0) is 19.8. The molecule has 0 radical (unpaired) electrons. The average molecular weight is 373 g/mol. The van der Waals surface area contributed by atoms with E-state index in [-0.39, 0.29) is 12.2 Å². The lowest BCUT2D eigenvalue weighted by Crippen LogP contribution is -2.26. The maximum absolute atomic E-state index is 13.4. The van der Waals surface area contributed by atoms with Crippen LogP contribution in [-0.2, 0) is 16.0 Å². The topological polar surface area (TPSA) is 100 Å². The van der Waals surface area contributed by atoms with Gasteiger partial charge in [0.2, 0.25) is 0 Å². The molecule has 0 aromatic heterocycles. The molecule has 8 heteroatoms. The van der Waals surface area contributed by atoms with Gasteiger partial charge in [-0.2, -0.15) is 5.10 Å². The molecule has 0 fully saturated rings. The summed E-state index contributed by atoms with van der Waals surface area (Å²) in [6, 6.07) is 10.6. The van der Waals surface area contributed by atoms with Gasteiger partial charge in [0.15, 0.2) is 18.2 Å². The van der Waals surface area contributed by atoms with E-state index in [9.17, 15) is 19.1 Å². The van der Waals surface area contributed by atoms with Crippen molar-refractivity contribution in [1.82, 2.24) is 5.43 Å². The van der Waals surface area contributed by atoms with Crippen molar-refractivity contribution < 1.29 is 28.6 Å². The van der Waals surface area contributed by atoms with Gasteiger partial charge in [-0.25, -0.2) is 9.82 Å². The highest BCUT2D eigenvalue weighted by Crippen LogP contribution is 2.21. The Morgan fingerprint density at radius 2 is 1.93 bits per heavy atom. The lowest BCUT2D eigenvalue weighted by atomic mass is 10.0. The Bertz CT molecular complexity index is 867. The van der Waals surface area contributed by atoms with Gasteiger partial charge in [0.1, 0.15) is 5.75 Å². The first-order valence-corrected chi connectivity index (χ1v) is 7.98. The molecule has 0 saturated heterocycles. The van der Waals surface area contributed by atoms with Gasteiger partial charge < -0.3 is 19.4 Å². The fourth-order valence-electron chi connectivity index (χ4n) is 2.25. The minimum Gasteiger partial charge on any atom is -0.550 e. The number of amides is 1. The summed E-state index contributed by atoms with van der Waals surface area (Å²) in [7, 11) is 1.44. The van der Waals surface area contributed by atoms with Gasteiger partial charge in [-0.05, 0) is 42.8 Å². The normalized spacial score (nSPS) is 11.0. The van der Waals surface area contributed by atoms with E-state index in [2.05, 4.69) is 10.5 Å². The molecule has 0 aliphatic heterocycles. The number of nitrogens with zero attached hydrogens (tertiary/aromatic N) is 1. The van der Waals surface area contributed by atoms with Gasteiger partial charge in [-0.3, -0.25) is 4.79 Å². The van der Waals surface area contributed by atoms with E-state index in [1.54, 1.807) is 31.2 Å². The number of carboxylic acid groups (broad SMARTS) is 1. The molecular weight excluding hydrogens is 355 g/mol. The Balaban J connectivity index is 2.01. The van der Waals surface area contributed by atoms with Crippen molar-refractivity contribution in [1.29, 1.82) is 0 Å². The average Bonchev–Trinajstić information content (AvgIpc) is 2.65. The van der Waals surface area contributed by atoms with Crippen molar-refractivity contribution in [3.8, 4) is 11.5 Å². The van der Waals surface area contributed by atoms with Crippen LogP contribution < -0.4 is 20.0 Å². The maximum Gasteiger partial charge on any atom is 0.277 e. The molecule has 0 saturated carbocycles. The Morgan fingerprint density at radius 3 is 2.59 bits per heavy atom. The van der Waals surface area contributed by atoms with E-state index in [0.717, 1.165) is 0 Å². The van der Waals surface area contributed by atoms with Crippen molar-refractivity contribution in [2.75, 3.05) is 13.7 Å². The van der Waals surface area contributed by atoms with Crippen molar-refractivity contribution in [3.63, 3.8) is 0 Å². The zero-order valence-electron chi connectivity index (χ0n) is 14.8. The van der Waals surface area contributed by atoms with Gasteiger partial charge in [-0.1, -0.05) is 12.1 Å². The number of ether oxygens (including phenoxy) is 2. The van der Waals surface area contributed by atoms with Gasteiger partial charge >= 0.3 is 0 Å². The predicted molar refractivity (Wildman–Crippen MR) is 94.0 cm³/mol. The summed E-state index contributed by atoms with van der Waals surface area (Å²) >= 11 is 0. The molecular formula is C19H18FN2O5-. The Labute approximate surface area is 155 Å². The first-order chi connectivity index (χ1) is 12.9. The van der Waals surface area contributed by atoms with Crippen LogP contribution in [0.15, 0.2) is 47.6 Å². The van der Waals surface area contributed by atoms with Gasteiger partial charge in [0.25, 0.3) is 5.91 Å². The summed E-state index contributed by atoms with van der Waals surface area (Å²) in [5, 5.41) is 14.8. The fourth-order valence-corrected chi connectivity index (χ4v) is 2.25. The SMILES string of the molecule is COc1ccc(/C(C)=N\NC(=O)COc2ccccc2F)cc1CC(=O)[O-]. The number of hydrogen-bond donors (Lipinski definition) is 1. The monoisotopic (exact) mass is 373 g/mol. The molecule has 0 spiro atoms. The molecule has 1 N–H and O–H groups in total. The molecule has 0 bridgehead atoms. The van der Waals surface area contributed by atoms with E-state index >= 15 is 0 Å². The minimum atomic E-state index is -1.24. The largest absolute Gasteiger partial charge is 0.550 e. The lowest BCUT2D eigenvalue weighted by molar-refractivity contribution is -0.304. The number of rotatable bonds is 8. The lowest BCUT2D eigenvalue weighted by Gasteiger charge is -2.11. The number of benzene rings is 2. The molecule has 7 nitrogen and oxygen atoms in total. The number of aliphatic carboxylic acids is 1. The molecule has 2 rings (SSSR count). The van der Waals surface area contributed by atoms with Crippen LogP contribution in [-0.4, -0.2) is 31.3 Å². The number of hydrazone groups is 1. The molecule has 2 aromatic carbocycles. The summed E-state index contributed by atoms with van der Waals surface area (Å²) < 4.78 is 23.6. The number of halogens is 1. The summed E-state index contributed by atoms with van der Waals surface area (Å²) in [6.07, 6.45) is -0.312. The summed E-state index contributed by atoms with van der Waals surface area (Å²) in [6.45, 7) is 1.23. The molecule has 27 heavy (non-hydrogen) atoms. The van der Waals surface area contributed by atoms with Crippen molar-refractivity contribution in [2.24, 2.45) is 5.10 Å². The third-order valence-electron chi connectivity index (χ3n) is 3.58. The van der Waals surface area contributed by atoms with Crippen LogP contribution >= 0.6 is 0 Å². The Kier molecular flexibility index (Phi) is 6.87. The number of para-hydroxylation sites is 1. The van der Waals surface area contributed by atoms with Crippen LogP contribution in [0.1, 0.15) is 18.1 Å². The number of hydrogen-bond acceptors (Lipinski definition) is 6. The number of methoxy groups -OCH3 is 1. The fraction of sp³-hybridized carbons (Fsp3) is 0.211. The first kappa shape index (κ1) is 19.9. The molecule has 2 aromatic rings. The van der Waals surface area contributed by atoms with Crippen LogP contribution in [0.4, 0.5) is 4.39 Å². The number of carbonyl (C=O) groups excluding carboxylic acids is 2. The quantitative estimate of drug-likeness (QED) is 0.551. The number of carbonyl (C=O) groups is 2. The highest BCUT2D eigenvalue weighted by Gasteiger charge is 2.09. The summed E-state index contributed by atoms with van der Waals surface area (Å²) in [5.41, 5.74) is 3.77. The van der Waals surface area contributed by atoms with Crippen LogP contribution in [0.25, 0.3) is 0 Å².